The fourth-order valence-corrected chi connectivity index (χ4v) is 2.68. The first-order valence-corrected chi connectivity index (χ1v) is 10.2. The molecule has 0 spiro atoms. The Morgan fingerprint density at radius 2 is 1.38 bits per heavy atom. The maximum absolute atomic E-state index is 11.5. The third kappa shape index (κ3) is 11.5. The number of benzene rings is 2. The van der Waals surface area contributed by atoms with Gasteiger partial charge in [-0.25, -0.2) is 0 Å². The molecule has 0 radical (unpaired) electrons. The van der Waals surface area contributed by atoms with E-state index in [0.717, 1.165) is 19.1 Å². The zero-order valence-corrected chi connectivity index (χ0v) is 17.1. The Morgan fingerprint density at radius 3 is 1.97 bits per heavy atom. The lowest BCUT2D eigenvalue weighted by atomic mass is 10.0. The van der Waals surface area contributed by atoms with Crippen LogP contribution in [0.2, 0.25) is 0 Å². The van der Waals surface area contributed by atoms with E-state index in [0.29, 0.717) is 44.1 Å². The van der Waals surface area contributed by atoms with Crippen LogP contribution in [-0.2, 0) is 20.8 Å². The van der Waals surface area contributed by atoms with Crippen LogP contribution in [0.5, 0.6) is 0 Å². The standard InChI is InChI=1S/C13H16O2.C12H14O2/c14-11-5-10-13(15)9-4-8-12-6-2-1-3-7-12;1-2-11(13)8-9-12(14)10-6-4-3-5-7-10/h1-3,6-7,11H,4-5,8-10H2;3-7H,2,8-9H2,1H3. The number of hydrogen-bond acceptors (Lipinski definition) is 4. The summed E-state index contributed by atoms with van der Waals surface area (Å²) in [6, 6.07) is 19.2. The first-order chi connectivity index (χ1) is 14.1. The summed E-state index contributed by atoms with van der Waals surface area (Å²) in [4.78, 5) is 43.8. The molecule has 2 rings (SSSR count). The van der Waals surface area contributed by atoms with Crippen molar-refractivity contribution in [1.82, 2.24) is 0 Å². The molecule has 0 heterocycles. The van der Waals surface area contributed by atoms with Crippen LogP contribution < -0.4 is 0 Å². The Hall–Kier alpha value is -2.88. The first-order valence-electron chi connectivity index (χ1n) is 10.2. The van der Waals surface area contributed by atoms with Gasteiger partial charge < -0.3 is 4.79 Å². The van der Waals surface area contributed by atoms with Crippen molar-refractivity contribution < 1.29 is 19.2 Å². The molecule has 0 amide bonds. The molecule has 29 heavy (non-hydrogen) atoms. The molecular formula is C25H30O4. The number of carbonyl (C=O) groups is 4. The molecule has 0 atom stereocenters. The van der Waals surface area contributed by atoms with Gasteiger partial charge in [0, 0.05) is 44.1 Å². The van der Waals surface area contributed by atoms with Gasteiger partial charge in [-0.05, 0) is 18.4 Å². The minimum absolute atomic E-state index is 0.0485. The molecule has 0 aliphatic rings. The van der Waals surface area contributed by atoms with Crippen molar-refractivity contribution in [3.8, 4) is 0 Å². The fourth-order valence-electron chi connectivity index (χ4n) is 2.68. The number of aryl methyl sites for hydroxylation is 1. The normalized spacial score (nSPS) is 9.83. The third-order valence-corrected chi connectivity index (χ3v) is 4.43. The first kappa shape index (κ1) is 24.2. The van der Waals surface area contributed by atoms with Crippen molar-refractivity contribution in [3.05, 3.63) is 71.8 Å². The van der Waals surface area contributed by atoms with E-state index in [2.05, 4.69) is 12.1 Å². The SMILES string of the molecule is CCC(=O)CCC(=O)c1ccccc1.O=CCCC(=O)CCCc1ccccc1. The van der Waals surface area contributed by atoms with Gasteiger partial charge in [-0.15, -0.1) is 0 Å². The van der Waals surface area contributed by atoms with Crippen molar-refractivity contribution in [1.29, 1.82) is 0 Å². The number of aldehydes is 1. The maximum atomic E-state index is 11.5. The minimum atomic E-state index is 0.0485. The molecule has 154 valence electrons. The van der Waals surface area contributed by atoms with Crippen molar-refractivity contribution in [2.45, 2.75) is 58.3 Å². The topological polar surface area (TPSA) is 68.3 Å². The molecule has 0 saturated carbocycles. The van der Waals surface area contributed by atoms with E-state index in [1.165, 1.54) is 5.56 Å². The summed E-state index contributed by atoms with van der Waals surface area (Å²) in [7, 11) is 0. The molecule has 4 nitrogen and oxygen atoms in total. The highest BCUT2D eigenvalue weighted by atomic mass is 16.1. The number of rotatable bonds is 12. The second kappa shape index (κ2) is 15.1. The monoisotopic (exact) mass is 394 g/mol. The number of carbonyl (C=O) groups excluding carboxylic acids is 4. The smallest absolute Gasteiger partial charge is 0.163 e. The number of Topliss-reactive ketones (excluding diaryl/α,β-unsaturated/α-hetero) is 3. The van der Waals surface area contributed by atoms with Crippen molar-refractivity contribution >= 4 is 23.6 Å². The van der Waals surface area contributed by atoms with Gasteiger partial charge in [0.2, 0.25) is 0 Å². The highest BCUT2D eigenvalue weighted by molar-refractivity contribution is 5.98. The number of ketones is 3. The molecule has 0 fully saturated rings. The van der Waals surface area contributed by atoms with Crippen LogP contribution in [0.3, 0.4) is 0 Å². The highest BCUT2D eigenvalue weighted by Gasteiger charge is 2.07. The van der Waals surface area contributed by atoms with Crippen LogP contribution in [0.25, 0.3) is 0 Å². The van der Waals surface area contributed by atoms with Gasteiger partial charge in [0.15, 0.2) is 5.78 Å². The fraction of sp³-hybridized carbons (Fsp3) is 0.360. The van der Waals surface area contributed by atoms with Crippen LogP contribution in [0.15, 0.2) is 60.7 Å². The summed E-state index contributed by atoms with van der Waals surface area (Å²) < 4.78 is 0. The summed E-state index contributed by atoms with van der Waals surface area (Å²) in [6.45, 7) is 1.81. The van der Waals surface area contributed by atoms with Gasteiger partial charge in [-0.3, -0.25) is 14.4 Å². The van der Waals surface area contributed by atoms with E-state index >= 15 is 0 Å². The van der Waals surface area contributed by atoms with Crippen LogP contribution >= 0.6 is 0 Å². The second-order valence-electron chi connectivity index (χ2n) is 6.76. The lowest BCUT2D eigenvalue weighted by molar-refractivity contribution is -0.120. The van der Waals surface area contributed by atoms with Gasteiger partial charge in [0.05, 0.1) is 0 Å². The predicted octanol–water partition coefficient (Wildman–Crippen LogP) is 5.19. The molecule has 4 heteroatoms. The minimum Gasteiger partial charge on any atom is -0.303 e. The lowest BCUT2D eigenvalue weighted by Gasteiger charge is -2.00. The molecule has 2 aromatic carbocycles. The summed E-state index contributed by atoms with van der Waals surface area (Å²) in [5, 5.41) is 0. The van der Waals surface area contributed by atoms with Crippen LogP contribution in [-0.4, -0.2) is 23.6 Å². The Labute approximate surface area is 173 Å². The third-order valence-electron chi connectivity index (χ3n) is 4.43. The van der Waals surface area contributed by atoms with E-state index in [-0.39, 0.29) is 17.3 Å². The van der Waals surface area contributed by atoms with Crippen molar-refractivity contribution in [2.24, 2.45) is 0 Å². The van der Waals surface area contributed by atoms with E-state index in [4.69, 9.17) is 0 Å². The molecule has 0 bridgehead atoms. The van der Waals surface area contributed by atoms with Gasteiger partial charge in [0.25, 0.3) is 0 Å². The van der Waals surface area contributed by atoms with Crippen LogP contribution in [0.1, 0.15) is 67.8 Å². The van der Waals surface area contributed by atoms with Gasteiger partial charge in [-0.1, -0.05) is 67.6 Å². The number of hydrogen-bond donors (Lipinski definition) is 0. The van der Waals surface area contributed by atoms with E-state index in [1.807, 2.05) is 43.3 Å². The molecule has 2 aromatic rings. The van der Waals surface area contributed by atoms with Crippen LogP contribution in [0, 0.1) is 0 Å². The average Bonchev–Trinajstić information content (AvgIpc) is 2.77. The molecule has 0 aromatic heterocycles. The molecule has 0 saturated heterocycles. The van der Waals surface area contributed by atoms with E-state index in [1.54, 1.807) is 12.1 Å². The summed E-state index contributed by atoms with van der Waals surface area (Å²) in [6.07, 6.45) is 5.18. The van der Waals surface area contributed by atoms with Gasteiger partial charge >= 0.3 is 0 Å². The Bertz CT molecular complexity index is 751. The maximum Gasteiger partial charge on any atom is 0.163 e. The van der Waals surface area contributed by atoms with Crippen molar-refractivity contribution in [2.75, 3.05) is 0 Å². The Kier molecular flexibility index (Phi) is 12.6. The molecule has 0 aliphatic carbocycles. The highest BCUT2D eigenvalue weighted by Crippen LogP contribution is 2.07. The second-order valence-corrected chi connectivity index (χ2v) is 6.76. The summed E-state index contributed by atoms with van der Waals surface area (Å²) >= 11 is 0. The zero-order valence-electron chi connectivity index (χ0n) is 17.1. The summed E-state index contributed by atoms with van der Waals surface area (Å²) in [5.41, 5.74) is 1.96. The molecular weight excluding hydrogens is 364 g/mol. The Balaban J connectivity index is 0.000000291. The molecule has 0 unspecified atom stereocenters. The summed E-state index contributed by atoms with van der Waals surface area (Å²) in [5.74, 6) is 0.389. The van der Waals surface area contributed by atoms with Gasteiger partial charge in [-0.2, -0.15) is 0 Å². The zero-order chi connectivity index (χ0) is 21.3. The lowest BCUT2D eigenvalue weighted by Crippen LogP contribution is -2.03. The molecule has 0 N–H and O–H groups in total. The molecule has 0 aliphatic heterocycles. The average molecular weight is 395 g/mol. The predicted molar refractivity (Wildman–Crippen MR) is 115 cm³/mol. The van der Waals surface area contributed by atoms with Crippen LogP contribution in [0.4, 0.5) is 0 Å². The Morgan fingerprint density at radius 1 is 0.759 bits per heavy atom. The largest absolute Gasteiger partial charge is 0.303 e. The van der Waals surface area contributed by atoms with Crippen molar-refractivity contribution in [3.63, 3.8) is 0 Å². The van der Waals surface area contributed by atoms with Gasteiger partial charge in [0.1, 0.15) is 17.9 Å². The quantitative estimate of drug-likeness (QED) is 0.367. The van der Waals surface area contributed by atoms with E-state index < -0.39 is 0 Å². The van der Waals surface area contributed by atoms with E-state index in [9.17, 15) is 19.2 Å².